The number of ether oxygens (including phenoxy) is 2. The van der Waals surface area contributed by atoms with Crippen LogP contribution >= 0.6 is 0 Å². The van der Waals surface area contributed by atoms with Gasteiger partial charge in [0, 0.05) is 7.11 Å². The Hall–Kier alpha value is -1.07. The third-order valence-electron chi connectivity index (χ3n) is 3.85. The fourth-order valence-corrected chi connectivity index (χ4v) is 3.39. The lowest BCUT2D eigenvalue weighted by Crippen LogP contribution is -2.17. The van der Waals surface area contributed by atoms with Gasteiger partial charge in [0.15, 0.2) is 16.6 Å². The van der Waals surface area contributed by atoms with Crippen molar-refractivity contribution in [3.05, 3.63) is 29.8 Å². The molecule has 0 fully saturated rings. The monoisotopic (exact) mass is 342 g/mol. The van der Waals surface area contributed by atoms with E-state index in [-0.39, 0.29) is 12.0 Å². The van der Waals surface area contributed by atoms with Crippen LogP contribution in [0.15, 0.2) is 24.3 Å². The molecule has 5 heteroatoms. The van der Waals surface area contributed by atoms with E-state index in [1.807, 2.05) is 18.2 Å². The number of benzene rings is 1. The molecule has 0 saturated heterocycles. The Kier molecular flexibility index (Phi) is 9.26. The lowest BCUT2D eigenvalue weighted by molar-refractivity contribution is 0.0511. The second-order valence-electron chi connectivity index (χ2n) is 6.13. The first-order valence-corrected chi connectivity index (χ1v) is 10.1. The van der Waals surface area contributed by atoms with Gasteiger partial charge in [0.25, 0.3) is 0 Å². The fourth-order valence-electron chi connectivity index (χ4n) is 2.32. The van der Waals surface area contributed by atoms with Crippen molar-refractivity contribution in [2.24, 2.45) is 0 Å². The van der Waals surface area contributed by atoms with Crippen LogP contribution in [0.3, 0.4) is 0 Å². The second kappa shape index (κ2) is 10.7. The lowest BCUT2D eigenvalue weighted by atomic mass is 10.1. The molecule has 132 valence electrons. The largest absolute Gasteiger partial charge is 0.468 e. The van der Waals surface area contributed by atoms with Gasteiger partial charge in [0.2, 0.25) is 0 Å². The average molecular weight is 343 g/mol. The molecule has 0 atom stereocenters. The van der Waals surface area contributed by atoms with Crippen LogP contribution in [0.1, 0.15) is 51.5 Å². The van der Waals surface area contributed by atoms with Crippen LogP contribution in [0, 0.1) is 0 Å². The highest BCUT2D eigenvalue weighted by Crippen LogP contribution is 2.16. The van der Waals surface area contributed by atoms with Gasteiger partial charge in [0.1, 0.15) is 5.75 Å². The summed E-state index contributed by atoms with van der Waals surface area (Å²) in [6.45, 7) is 3.77. The van der Waals surface area contributed by atoms with Gasteiger partial charge in [-0.2, -0.15) is 0 Å². The number of sulfone groups is 1. The van der Waals surface area contributed by atoms with Crippen molar-refractivity contribution in [1.29, 1.82) is 0 Å². The Balaban J connectivity index is 2.16. The van der Waals surface area contributed by atoms with E-state index in [2.05, 4.69) is 6.07 Å². The molecule has 0 unspecified atom stereocenters. The summed E-state index contributed by atoms with van der Waals surface area (Å²) in [7, 11) is -1.26. The number of hydrogen-bond donors (Lipinski definition) is 0. The van der Waals surface area contributed by atoms with Crippen LogP contribution in [-0.2, 0) is 21.0 Å². The molecule has 23 heavy (non-hydrogen) atoms. The molecule has 0 aliphatic carbocycles. The van der Waals surface area contributed by atoms with Gasteiger partial charge in [-0.3, -0.25) is 0 Å². The van der Waals surface area contributed by atoms with Crippen molar-refractivity contribution < 1.29 is 17.9 Å². The van der Waals surface area contributed by atoms with Crippen molar-refractivity contribution in [3.63, 3.8) is 0 Å². The van der Waals surface area contributed by atoms with Gasteiger partial charge < -0.3 is 9.47 Å². The van der Waals surface area contributed by atoms with Crippen molar-refractivity contribution in [2.45, 2.75) is 57.6 Å². The second-order valence-corrected chi connectivity index (χ2v) is 8.81. The van der Waals surface area contributed by atoms with Crippen LogP contribution in [0.5, 0.6) is 5.75 Å². The zero-order valence-corrected chi connectivity index (χ0v) is 15.4. The molecule has 0 aromatic heterocycles. The molecule has 0 bridgehead atoms. The highest BCUT2D eigenvalue weighted by Gasteiger charge is 2.14. The highest BCUT2D eigenvalue weighted by molar-refractivity contribution is 7.91. The maximum atomic E-state index is 11.7. The van der Waals surface area contributed by atoms with E-state index in [0.717, 1.165) is 44.3 Å². The number of unbranched alkanes of at least 4 members (excludes halogenated alkanes) is 4. The third kappa shape index (κ3) is 8.37. The van der Waals surface area contributed by atoms with E-state index >= 15 is 0 Å². The summed E-state index contributed by atoms with van der Waals surface area (Å²) in [4.78, 5) is 0. The highest BCUT2D eigenvalue weighted by atomic mass is 32.2. The zero-order valence-electron chi connectivity index (χ0n) is 14.6. The number of rotatable bonds is 12. The molecular formula is C18H30O4S. The van der Waals surface area contributed by atoms with Crippen LogP contribution in [0.2, 0.25) is 0 Å². The summed E-state index contributed by atoms with van der Waals surface area (Å²) in [5.41, 5.74) is 1.26. The van der Waals surface area contributed by atoms with E-state index in [1.165, 1.54) is 5.56 Å². The molecular weight excluding hydrogens is 312 g/mol. The molecule has 0 aliphatic rings. The minimum Gasteiger partial charge on any atom is -0.468 e. The molecule has 1 aromatic rings. The number of methoxy groups -OCH3 is 1. The summed E-state index contributed by atoms with van der Waals surface area (Å²) in [6, 6.07) is 8.08. The van der Waals surface area contributed by atoms with Gasteiger partial charge in [-0.15, -0.1) is 0 Å². The first-order chi connectivity index (χ1) is 11.0. The van der Waals surface area contributed by atoms with Gasteiger partial charge in [0.05, 0.1) is 11.0 Å². The van der Waals surface area contributed by atoms with E-state index in [9.17, 15) is 8.42 Å². The van der Waals surface area contributed by atoms with Gasteiger partial charge in [-0.25, -0.2) is 8.42 Å². The Bertz CT molecular complexity index is 538. The summed E-state index contributed by atoms with van der Waals surface area (Å²) < 4.78 is 33.7. The van der Waals surface area contributed by atoms with Gasteiger partial charge in [-0.1, -0.05) is 31.4 Å². The fraction of sp³-hybridized carbons (Fsp3) is 0.667. The minimum atomic E-state index is -2.87. The van der Waals surface area contributed by atoms with Crippen molar-refractivity contribution in [1.82, 2.24) is 0 Å². The lowest BCUT2D eigenvalue weighted by Gasteiger charge is -2.08. The van der Waals surface area contributed by atoms with E-state index < -0.39 is 9.84 Å². The molecule has 1 aromatic carbocycles. The predicted molar refractivity (Wildman–Crippen MR) is 94.7 cm³/mol. The quantitative estimate of drug-likeness (QED) is 0.426. The standard InChI is InChI=1S/C18H30O4S/c1-16(2)23(19,20)13-8-6-4-5-7-10-17-11-9-12-18(14-17)22-15-21-3/h9,11-12,14,16H,4-8,10,13,15H2,1-3H3. The van der Waals surface area contributed by atoms with Crippen LogP contribution in [0.4, 0.5) is 0 Å². The van der Waals surface area contributed by atoms with E-state index in [4.69, 9.17) is 9.47 Å². The van der Waals surface area contributed by atoms with Gasteiger partial charge in [-0.05, 0) is 50.8 Å². The number of hydrogen-bond acceptors (Lipinski definition) is 4. The molecule has 4 nitrogen and oxygen atoms in total. The van der Waals surface area contributed by atoms with Crippen molar-refractivity contribution in [2.75, 3.05) is 19.7 Å². The molecule has 0 amide bonds. The normalized spacial score (nSPS) is 11.8. The molecule has 0 aliphatic heterocycles. The molecule has 0 saturated carbocycles. The molecule has 0 N–H and O–H groups in total. The SMILES string of the molecule is COCOc1cccc(CCCCCCCS(=O)(=O)C(C)C)c1. The topological polar surface area (TPSA) is 52.6 Å². The smallest absolute Gasteiger partial charge is 0.188 e. The van der Waals surface area contributed by atoms with Crippen LogP contribution in [-0.4, -0.2) is 33.3 Å². The number of aryl methyl sites for hydroxylation is 1. The Morgan fingerprint density at radius 3 is 2.43 bits per heavy atom. The molecule has 0 heterocycles. The maximum absolute atomic E-state index is 11.7. The van der Waals surface area contributed by atoms with E-state index in [0.29, 0.717) is 5.75 Å². The third-order valence-corrected chi connectivity index (χ3v) is 6.15. The van der Waals surface area contributed by atoms with Gasteiger partial charge >= 0.3 is 0 Å². The zero-order chi connectivity index (χ0) is 17.1. The average Bonchev–Trinajstić information content (AvgIpc) is 2.52. The first-order valence-electron chi connectivity index (χ1n) is 8.38. The minimum absolute atomic E-state index is 0.255. The Morgan fingerprint density at radius 1 is 1.04 bits per heavy atom. The van der Waals surface area contributed by atoms with E-state index in [1.54, 1.807) is 21.0 Å². The van der Waals surface area contributed by atoms with Crippen molar-refractivity contribution >= 4 is 9.84 Å². The Morgan fingerprint density at radius 2 is 1.74 bits per heavy atom. The van der Waals surface area contributed by atoms with Crippen LogP contribution in [0.25, 0.3) is 0 Å². The van der Waals surface area contributed by atoms with Crippen molar-refractivity contribution in [3.8, 4) is 5.75 Å². The summed E-state index contributed by atoms with van der Waals surface area (Å²) in [5.74, 6) is 1.16. The molecule has 0 radical (unpaired) electrons. The predicted octanol–water partition coefficient (Wildman–Crippen LogP) is 3.99. The Labute approximate surface area is 141 Å². The summed E-state index contributed by atoms with van der Waals surface area (Å²) in [6.07, 6.45) is 6.13. The summed E-state index contributed by atoms with van der Waals surface area (Å²) >= 11 is 0. The molecule has 0 spiro atoms. The first kappa shape index (κ1) is 20.0. The maximum Gasteiger partial charge on any atom is 0.188 e. The molecule has 1 rings (SSSR count). The summed E-state index contributed by atoms with van der Waals surface area (Å²) in [5, 5.41) is -0.255. The van der Waals surface area contributed by atoms with Crippen LogP contribution < -0.4 is 4.74 Å².